The first-order valence-electron chi connectivity index (χ1n) is 6.58. The van der Waals surface area contributed by atoms with Crippen molar-refractivity contribution in [2.24, 2.45) is 5.92 Å². The zero-order valence-electron chi connectivity index (χ0n) is 11.2. The van der Waals surface area contributed by atoms with Crippen LogP contribution in [0.1, 0.15) is 46.5 Å². The quantitative estimate of drug-likeness (QED) is 0.718. The van der Waals surface area contributed by atoms with E-state index in [1.807, 2.05) is 0 Å². The highest BCUT2D eigenvalue weighted by molar-refractivity contribution is 5.75. The first-order valence-corrected chi connectivity index (χ1v) is 6.58. The molecule has 1 aliphatic carbocycles. The second-order valence-electron chi connectivity index (χ2n) is 5.26. The highest BCUT2D eigenvalue weighted by Gasteiger charge is 2.36. The molecule has 0 aromatic heterocycles. The van der Waals surface area contributed by atoms with E-state index in [1.165, 1.54) is 6.42 Å². The van der Waals surface area contributed by atoms with Crippen LogP contribution in [0.2, 0.25) is 0 Å². The molecule has 0 heterocycles. The minimum absolute atomic E-state index is 0.0844. The van der Waals surface area contributed by atoms with Gasteiger partial charge >= 0.3 is 5.97 Å². The van der Waals surface area contributed by atoms with Gasteiger partial charge in [-0.3, -0.25) is 10.1 Å². The van der Waals surface area contributed by atoms with Crippen molar-refractivity contribution in [2.75, 3.05) is 13.2 Å². The van der Waals surface area contributed by atoms with Crippen LogP contribution in [0.15, 0.2) is 0 Å². The van der Waals surface area contributed by atoms with Crippen molar-refractivity contribution in [3.8, 4) is 0 Å². The zero-order valence-corrected chi connectivity index (χ0v) is 11.2. The van der Waals surface area contributed by atoms with Gasteiger partial charge in [0, 0.05) is 5.54 Å². The van der Waals surface area contributed by atoms with Crippen LogP contribution in [0.25, 0.3) is 0 Å². The van der Waals surface area contributed by atoms with Gasteiger partial charge in [-0.05, 0) is 32.6 Å². The van der Waals surface area contributed by atoms with E-state index in [1.54, 1.807) is 13.8 Å². The fraction of sp³-hybridized carbons (Fsp3) is 0.923. The fourth-order valence-electron chi connectivity index (χ4n) is 2.77. The minimum Gasteiger partial charge on any atom is -0.465 e. The van der Waals surface area contributed by atoms with Gasteiger partial charge in [-0.1, -0.05) is 19.8 Å². The highest BCUT2D eigenvalue weighted by Crippen LogP contribution is 2.32. The van der Waals surface area contributed by atoms with Gasteiger partial charge in [0.25, 0.3) is 0 Å². The van der Waals surface area contributed by atoms with Gasteiger partial charge in [0.2, 0.25) is 0 Å². The van der Waals surface area contributed by atoms with Crippen LogP contribution in [0, 0.1) is 5.92 Å². The Bertz CT molecular complexity index is 257. The Hall–Kier alpha value is -0.610. The molecule has 4 heteroatoms. The van der Waals surface area contributed by atoms with Crippen molar-refractivity contribution in [2.45, 2.75) is 58.0 Å². The number of nitrogens with one attached hydrogen (secondary N) is 1. The molecule has 3 unspecified atom stereocenters. The molecule has 4 nitrogen and oxygen atoms in total. The summed E-state index contributed by atoms with van der Waals surface area (Å²) in [5, 5.41) is 12.9. The number of aliphatic hydroxyl groups excluding tert-OH is 1. The lowest BCUT2D eigenvalue weighted by Crippen LogP contribution is -2.56. The largest absolute Gasteiger partial charge is 0.465 e. The lowest BCUT2D eigenvalue weighted by Gasteiger charge is -2.41. The third-order valence-electron chi connectivity index (χ3n) is 3.56. The van der Waals surface area contributed by atoms with Crippen molar-refractivity contribution < 1.29 is 14.6 Å². The summed E-state index contributed by atoms with van der Waals surface area (Å²) in [6.45, 7) is 6.28. The molecule has 0 amide bonds. The van der Waals surface area contributed by atoms with Gasteiger partial charge in [0.05, 0.1) is 13.2 Å². The van der Waals surface area contributed by atoms with Crippen LogP contribution < -0.4 is 5.32 Å². The molecular formula is C13H25NO3. The number of carbonyl (C=O) groups is 1. The summed E-state index contributed by atoms with van der Waals surface area (Å²) in [4.78, 5) is 11.6. The van der Waals surface area contributed by atoms with E-state index in [9.17, 15) is 9.90 Å². The van der Waals surface area contributed by atoms with Gasteiger partial charge < -0.3 is 9.84 Å². The Balaban J connectivity index is 2.58. The zero-order chi connectivity index (χ0) is 12.9. The van der Waals surface area contributed by atoms with E-state index in [2.05, 4.69) is 12.2 Å². The standard InChI is InChI=1S/C13H25NO3/c1-4-17-12(16)11(3)14-13(9-15)7-5-6-10(2)8-13/h10-11,14-15H,4-9H2,1-3H3. The van der Waals surface area contributed by atoms with Crippen molar-refractivity contribution >= 4 is 5.97 Å². The summed E-state index contributed by atoms with van der Waals surface area (Å²) >= 11 is 0. The molecule has 1 saturated carbocycles. The Kier molecular flexibility index (Phi) is 5.40. The van der Waals surface area contributed by atoms with E-state index in [4.69, 9.17) is 4.74 Å². The van der Waals surface area contributed by atoms with Crippen molar-refractivity contribution in [1.29, 1.82) is 0 Å². The molecule has 1 aliphatic rings. The van der Waals surface area contributed by atoms with Gasteiger partial charge in [0.15, 0.2) is 0 Å². The topological polar surface area (TPSA) is 58.6 Å². The lowest BCUT2D eigenvalue weighted by molar-refractivity contribution is -0.146. The van der Waals surface area contributed by atoms with Gasteiger partial charge in [0.1, 0.15) is 6.04 Å². The number of hydrogen-bond donors (Lipinski definition) is 2. The molecule has 17 heavy (non-hydrogen) atoms. The van der Waals surface area contributed by atoms with E-state index in [-0.39, 0.29) is 24.2 Å². The molecule has 2 N–H and O–H groups in total. The predicted octanol–water partition coefficient (Wildman–Crippen LogP) is 1.47. The Morgan fingerprint density at radius 1 is 1.65 bits per heavy atom. The predicted molar refractivity (Wildman–Crippen MR) is 66.7 cm³/mol. The molecule has 3 atom stereocenters. The molecule has 0 radical (unpaired) electrons. The van der Waals surface area contributed by atoms with E-state index >= 15 is 0 Å². The Morgan fingerprint density at radius 2 is 2.35 bits per heavy atom. The molecule has 1 fully saturated rings. The second kappa shape index (κ2) is 6.36. The van der Waals surface area contributed by atoms with Crippen LogP contribution >= 0.6 is 0 Å². The fourth-order valence-corrected chi connectivity index (χ4v) is 2.77. The van der Waals surface area contributed by atoms with Gasteiger partial charge in [-0.25, -0.2) is 0 Å². The normalized spacial score (nSPS) is 30.9. The first-order chi connectivity index (χ1) is 8.03. The molecule has 0 bridgehead atoms. The molecule has 0 aliphatic heterocycles. The summed E-state index contributed by atoms with van der Waals surface area (Å²) < 4.78 is 4.98. The maximum atomic E-state index is 11.6. The molecular weight excluding hydrogens is 218 g/mol. The summed E-state index contributed by atoms with van der Waals surface area (Å²) in [7, 11) is 0. The number of carbonyl (C=O) groups excluding carboxylic acids is 1. The molecule has 0 spiro atoms. The number of aliphatic hydroxyl groups is 1. The maximum absolute atomic E-state index is 11.6. The SMILES string of the molecule is CCOC(=O)C(C)NC1(CO)CCCC(C)C1. The molecule has 0 aromatic rings. The average molecular weight is 243 g/mol. The Labute approximate surface area is 104 Å². The number of hydrogen-bond acceptors (Lipinski definition) is 4. The summed E-state index contributed by atoms with van der Waals surface area (Å²) in [5.74, 6) is 0.358. The third-order valence-corrected chi connectivity index (χ3v) is 3.56. The van der Waals surface area contributed by atoms with E-state index < -0.39 is 0 Å². The van der Waals surface area contributed by atoms with Crippen LogP contribution in [0.3, 0.4) is 0 Å². The summed E-state index contributed by atoms with van der Waals surface area (Å²) in [5.41, 5.74) is -0.302. The second-order valence-corrected chi connectivity index (χ2v) is 5.26. The Morgan fingerprint density at radius 3 is 2.88 bits per heavy atom. The molecule has 100 valence electrons. The third kappa shape index (κ3) is 3.96. The summed E-state index contributed by atoms with van der Waals surface area (Å²) in [6, 6.07) is -0.354. The maximum Gasteiger partial charge on any atom is 0.322 e. The average Bonchev–Trinajstić information content (AvgIpc) is 2.29. The highest BCUT2D eigenvalue weighted by atomic mass is 16.5. The van der Waals surface area contributed by atoms with Crippen LogP contribution in [0.4, 0.5) is 0 Å². The monoisotopic (exact) mass is 243 g/mol. The van der Waals surface area contributed by atoms with Gasteiger partial charge in [-0.15, -0.1) is 0 Å². The van der Waals surface area contributed by atoms with Gasteiger partial charge in [-0.2, -0.15) is 0 Å². The van der Waals surface area contributed by atoms with Crippen molar-refractivity contribution in [3.05, 3.63) is 0 Å². The number of ether oxygens (including phenoxy) is 1. The van der Waals surface area contributed by atoms with Crippen molar-refractivity contribution in [3.63, 3.8) is 0 Å². The molecule has 0 saturated heterocycles. The van der Waals surface area contributed by atoms with Crippen LogP contribution in [-0.2, 0) is 9.53 Å². The van der Waals surface area contributed by atoms with Crippen molar-refractivity contribution in [1.82, 2.24) is 5.32 Å². The van der Waals surface area contributed by atoms with Crippen LogP contribution in [0.5, 0.6) is 0 Å². The molecule has 1 rings (SSSR count). The lowest BCUT2D eigenvalue weighted by atomic mass is 9.76. The van der Waals surface area contributed by atoms with Crippen LogP contribution in [-0.4, -0.2) is 35.9 Å². The van der Waals surface area contributed by atoms with E-state index in [0.717, 1.165) is 19.3 Å². The minimum atomic E-state index is -0.354. The van der Waals surface area contributed by atoms with E-state index in [0.29, 0.717) is 12.5 Å². The number of rotatable bonds is 5. The smallest absolute Gasteiger partial charge is 0.322 e. The number of esters is 1. The first kappa shape index (κ1) is 14.5. The summed E-state index contributed by atoms with van der Waals surface area (Å²) in [6.07, 6.45) is 4.16. The molecule has 0 aromatic carbocycles.